The van der Waals surface area contributed by atoms with Crippen molar-refractivity contribution in [2.75, 3.05) is 11.9 Å². The van der Waals surface area contributed by atoms with Crippen molar-refractivity contribution in [3.05, 3.63) is 0 Å². The predicted octanol–water partition coefficient (Wildman–Crippen LogP) is 0.675. The van der Waals surface area contributed by atoms with E-state index in [0.717, 1.165) is 18.3 Å². The van der Waals surface area contributed by atoms with E-state index in [0.29, 0.717) is 5.82 Å². The van der Waals surface area contributed by atoms with Crippen molar-refractivity contribution in [2.24, 2.45) is 0 Å². The smallest absolute Gasteiger partial charge is 0.268 e. The largest absolute Gasteiger partial charge is 0.490 e. The Morgan fingerprint density at radius 3 is 2.89 bits per heavy atom. The topological polar surface area (TPSA) is 58.0 Å². The van der Waals surface area contributed by atoms with E-state index in [1.54, 1.807) is 0 Å². The van der Waals surface area contributed by atoms with E-state index in [4.69, 9.17) is 5.11 Å². The number of anilines is 1. The Labute approximate surface area is 56.9 Å². The van der Waals surface area contributed by atoms with Crippen molar-refractivity contribution in [1.29, 1.82) is 0 Å². The van der Waals surface area contributed by atoms with Crippen molar-refractivity contribution in [3.63, 3.8) is 0 Å². The van der Waals surface area contributed by atoms with Gasteiger partial charge in [-0.05, 0) is 6.92 Å². The number of aromatic hydroxyl groups is 1. The molecular weight excluding hydrogens is 138 g/mol. The summed E-state index contributed by atoms with van der Waals surface area (Å²) in [5.74, 6) is 0.462. The Bertz CT molecular complexity index is 188. The molecule has 0 radical (unpaired) electrons. The summed E-state index contributed by atoms with van der Waals surface area (Å²) < 4.78 is 7.33. The quantitative estimate of drug-likeness (QED) is 0.642. The van der Waals surface area contributed by atoms with Crippen LogP contribution in [0.4, 0.5) is 5.82 Å². The molecule has 0 aliphatic carbocycles. The van der Waals surface area contributed by atoms with Gasteiger partial charge in [0.2, 0.25) is 5.82 Å². The van der Waals surface area contributed by atoms with Crippen molar-refractivity contribution < 1.29 is 5.11 Å². The molecule has 0 aliphatic heterocycles. The molecule has 1 heterocycles. The predicted molar refractivity (Wildman–Crippen MR) is 35.7 cm³/mol. The highest BCUT2D eigenvalue weighted by molar-refractivity contribution is 6.99. The third-order valence-electron chi connectivity index (χ3n) is 0.815. The summed E-state index contributed by atoms with van der Waals surface area (Å²) >= 11 is 0.994. The van der Waals surface area contributed by atoms with E-state index >= 15 is 0 Å². The van der Waals surface area contributed by atoms with Gasteiger partial charge < -0.3 is 10.4 Å². The zero-order chi connectivity index (χ0) is 6.69. The standard InChI is InChI=1S/C4H7N3OS/c1-2-5-3-4(8)7-9-6-3/h2H2,1H3,(H,5,6)(H,7,8). The monoisotopic (exact) mass is 145 g/mol. The molecular formula is C4H7N3OS. The normalized spacial score (nSPS) is 9.44. The molecule has 50 valence electrons. The average Bonchev–Trinajstić information content (AvgIpc) is 2.18. The number of nitrogens with zero attached hydrogens (tertiary/aromatic N) is 2. The zero-order valence-electron chi connectivity index (χ0n) is 4.96. The Morgan fingerprint density at radius 2 is 2.44 bits per heavy atom. The lowest BCUT2D eigenvalue weighted by atomic mass is 10.6. The summed E-state index contributed by atoms with van der Waals surface area (Å²) in [7, 11) is 0. The highest BCUT2D eigenvalue weighted by Crippen LogP contribution is 2.17. The highest BCUT2D eigenvalue weighted by atomic mass is 32.1. The fourth-order valence-electron chi connectivity index (χ4n) is 0.463. The number of aromatic nitrogens is 2. The number of hydrogen-bond donors (Lipinski definition) is 2. The van der Waals surface area contributed by atoms with E-state index in [9.17, 15) is 0 Å². The molecule has 5 heteroatoms. The van der Waals surface area contributed by atoms with Gasteiger partial charge in [0.05, 0.1) is 11.7 Å². The second kappa shape index (κ2) is 2.63. The molecule has 1 aromatic rings. The number of hydrogen-bond acceptors (Lipinski definition) is 5. The first-order chi connectivity index (χ1) is 4.34. The Hall–Kier alpha value is -0.840. The van der Waals surface area contributed by atoms with Crippen molar-refractivity contribution in [3.8, 4) is 5.88 Å². The highest BCUT2D eigenvalue weighted by Gasteiger charge is 2.01. The minimum Gasteiger partial charge on any atom is -0.490 e. The molecule has 1 rings (SSSR count). The molecule has 0 amide bonds. The zero-order valence-corrected chi connectivity index (χ0v) is 5.77. The second-order valence-corrected chi connectivity index (χ2v) is 2.00. The molecule has 0 saturated carbocycles. The van der Waals surface area contributed by atoms with E-state index in [1.165, 1.54) is 0 Å². The van der Waals surface area contributed by atoms with Gasteiger partial charge in [0.1, 0.15) is 0 Å². The molecule has 0 atom stereocenters. The number of rotatable bonds is 2. The maximum atomic E-state index is 8.86. The van der Waals surface area contributed by atoms with Gasteiger partial charge in [0, 0.05) is 6.54 Å². The molecule has 1 aromatic heterocycles. The summed E-state index contributed by atoms with van der Waals surface area (Å²) in [5.41, 5.74) is 0. The van der Waals surface area contributed by atoms with Crippen LogP contribution in [0, 0.1) is 0 Å². The van der Waals surface area contributed by atoms with Crippen LogP contribution in [0.5, 0.6) is 5.88 Å². The third kappa shape index (κ3) is 1.29. The fourth-order valence-corrected chi connectivity index (χ4v) is 0.895. The van der Waals surface area contributed by atoms with Gasteiger partial charge in [-0.1, -0.05) is 0 Å². The fraction of sp³-hybridized carbons (Fsp3) is 0.500. The van der Waals surface area contributed by atoms with Gasteiger partial charge in [-0.25, -0.2) is 0 Å². The Morgan fingerprint density at radius 1 is 1.67 bits per heavy atom. The van der Waals surface area contributed by atoms with Crippen molar-refractivity contribution >= 4 is 17.5 Å². The van der Waals surface area contributed by atoms with E-state index in [2.05, 4.69) is 14.1 Å². The first-order valence-corrected chi connectivity index (χ1v) is 3.33. The van der Waals surface area contributed by atoms with E-state index in [-0.39, 0.29) is 5.88 Å². The van der Waals surface area contributed by atoms with Crippen LogP contribution in [-0.2, 0) is 0 Å². The van der Waals surface area contributed by atoms with Crippen LogP contribution in [0.15, 0.2) is 0 Å². The molecule has 0 bridgehead atoms. The van der Waals surface area contributed by atoms with Gasteiger partial charge in [0.15, 0.2) is 0 Å². The van der Waals surface area contributed by atoms with Gasteiger partial charge in [-0.3, -0.25) is 0 Å². The maximum Gasteiger partial charge on any atom is 0.268 e. The minimum absolute atomic E-state index is 0.0122. The first kappa shape index (κ1) is 6.28. The minimum atomic E-state index is -0.0122. The van der Waals surface area contributed by atoms with Crippen LogP contribution in [-0.4, -0.2) is 20.4 Å². The summed E-state index contributed by atoms with van der Waals surface area (Å²) in [6, 6.07) is 0. The van der Waals surface area contributed by atoms with Gasteiger partial charge >= 0.3 is 0 Å². The molecule has 0 fully saturated rings. The summed E-state index contributed by atoms with van der Waals surface area (Å²) in [5, 5.41) is 11.7. The van der Waals surface area contributed by atoms with Crippen LogP contribution in [0.1, 0.15) is 6.92 Å². The Balaban J connectivity index is 2.69. The van der Waals surface area contributed by atoms with Crippen LogP contribution in [0.3, 0.4) is 0 Å². The summed E-state index contributed by atoms with van der Waals surface area (Å²) in [6.45, 7) is 2.68. The molecule has 0 unspecified atom stereocenters. The lowest BCUT2D eigenvalue weighted by Crippen LogP contribution is -1.95. The van der Waals surface area contributed by atoms with Gasteiger partial charge in [-0.15, -0.1) is 4.37 Å². The maximum absolute atomic E-state index is 8.86. The van der Waals surface area contributed by atoms with E-state index in [1.807, 2.05) is 6.92 Å². The molecule has 0 spiro atoms. The van der Waals surface area contributed by atoms with E-state index < -0.39 is 0 Å². The van der Waals surface area contributed by atoms with Crippen LogP contribution in [0.2, 0.25) is 0 Å². The van der Waals surface area contributed by atoms with Gasteiger partial charge in [0.25, 0.3) is 5.88 Å². The average molecular weight is 145 g/mol. The summed E-state index contributed by atoms with van der Waals surface area (Å²) in [6.07, 6.45) is 0. The molecule has 0 aromatic carbocycles. The Kier molecular flexibility index (Phi) is 1.84. The lowest BCUT2D eigenvalue weighted by Gasteiger charge is -1.93. The van der Waals surface area contributed by atoms with Crippen molar-refractivity contribution in [2.45, 2.75) is 6.92 Å². The van der Waals surface area contributed by atoms with Crippen LogP contribution >= 0.6 is 11.7 Å². The third-order valence-corrected chi connectivity index (χ3v) is 1.33. The number of nitrogens with one attached hydrogen (secondary N) is 1. The molecule has 0 saturated heterocycles. The van der Waals surface area contributed by atoms with Crippen molar-refractivity contribution in [1.82, 2.24) is 8.75 Å². The van der Waals surface area contributed by atoms with Crippen LogP contribution in [0.25, 0.3) is 0 Å². The molecule has 4 nitrogen and oxygen atoms in total. The first-order valence-electron chi connectivity index (χ1n) is 2.60. The lowest BCUT2D eigenvalue weighted by molar-refractivity contribution is 0.461. The molecule has 2 N–H and O–H groups in total. The molecule has 0 aliphatic rings. The van der Waals surface area contributed by atoms with Crippen LogP contribution < -0.4 is 5.32 Å². The summed E-state index contributed by atoms with van der Waals surface area (Å²) in [4.78, 5) is 0. The SMILES string of the molecule is CCNc1nsnc1O. The second-order valence-electron chi connectivity index (χ2n) is 1.47. The van der Waals surface area contributed by atoms with Gasteiger partial charge in [-0.2, -0.15) is 4.37 Å². The molecule has 9 heavy (non-hydrogen) atoms.